The minimum absolute atomic E-state index is 0.192. The molecule has 1 unspecified atom stereocenters. The molecule has 0 spiro atoms. The first-order valence-corrected chi connectivity index (χ1v) is 7.32. The average Bonchev–Trinajstić information content (AvgIpc) is 3.39. The Hall–Kier alpha value is -2.33. The first-order chi connectivity index (χ1) is 11.4. The highest BCUT2D eigenvalue weighted by molar-refractivity contribution is 5.85. The second kappa shape index (κ2) is 7.49. The third-order valence-electron chi connectivity index (χ3n) is 3.88. The number of aliphatic carboxylic acids is 1. The van der Waals surface area contributed by atoms with Gasteiger partial charge in [0.15, 0.2) is 0 Å². The smallest absolute Gasteiger partial charge is 0.370 e. The Balaban J connectivity index is 2.33. The quantitative estimate of drug-likeness (QED) is 0.215. The lowest BCUT2D eigenvalue weighted by atomic mass is 9.92. The number of amides is 1. The molecule has 1 fully saturated rings. The van der Waals surface area contributed by atoms with E-state index in [4.69, 9.17) is 20.5 Å². The normalized spacial score (nSPS) is 28.6. The number of carbonyl (C=O) groups excluding carboxylic acids is 1. The number of hydrogen-bond acceptors (Lipinski definition) is 7. The van der Waals surface area contributed by atoms with E-state index in [0.29, 0.717) is 12.8 Å². The van der Waals surface area contributed by atoms with Gasteiger partial charge in [-0.1, -0.05) is 5.11 Å². The van der Waals surface area contributed by atoms with Gasteiger partial charge >= 0.3 is 5.97 Å². The minimum atomic E-state index is -1.71. The Bertz CT molecular complexity index is 585. The Morgan fingerprint density at radius 3 is 2.62 bits per heavy atom. The summed E-state index contributed by atoms with van der Waals surface area (Å²) in [6.07, 6.45) is -2.33. The van der Waals surface area contributed by atoms with Crippen molar-refractivity contribution in [3.8, 4) is 0 Å². The van der Waals surface area contributed by atoms with Crippen molar-refractivity contribution >= 4 is 11.9 Å². The maximum atomic E-state index is 12.0. The molecular formula is C13H18N4O7. The lowest BCUT2D eigenvalue weighted by molar-refractivity contribution is -0.146. The molecule has 1 aliphatic carbocycles. The predicted molar refractivity (Wildman–Crippen MR) is 77.3 cm³/mol. The number of aliphatic hydroxyl groups is 3. The zero-order valence-electron chi connectivity index (χ0n) is 12.5. The summed E-state index contributed by atoms with van der Waals surface area (Å²) in [4.78, 5) is 25.8. The second-order valence-corrected chi connectivity index (χ2v) is 5.66. The topological polar surface area (TPSA) is 185 Å². The van der Waals surface area contributed by atoms with E-state index >= 15 is 0 Å². The van der Waals surface area contributed by atoms with Crippen LogP contribution in [0.2, 0.25) is 0 Å². The first kappa shape index (κ1) is 18.0. The predicted octanol–water partition coefficient (Wildman–Crippen LogP) is -1.36. The number of carboxylic acids is 1. The third kappa shape index (κ3) is 3.95. The molecule has 0 aromatic rings. The number of rotatable bonds is 7. The molecule has 132 valence electrons. The van der Waals surface area contributed by atoms with Crippen molar-refractivity contribution in [3.05, 3.63) is 22.3 Å². The van der Waals surface area contributed by atoms with Crippen molar-refractivity contribution in [2.24, 2.45) is 11.0 Å². The Morgan fingerprint density at radius 1 is 1.46 bits per heavy atom. The fourth-order valence-electron chi connectivity index (χ4n) is 2.40. The van der Waals surface area contributed by atoms with Crippen LogP contribution in [0.25, 0.3) is 10.4 Å². The molecule has 2 aliphatic rings. The summed E-state index contributed by atoms with van der Waals surface area (Å²) in [6.45, 7) is -0.803. The number of nitrogens with zero attached hydrogens (tertiary/aromatic N) is 3. The van der Waals surface area contributed by atoms with Crippen LogP contribution in [0.15, 0.2) is 16.9 Å². The van der Waals surface area contributed by atoms with Crippen molar-refractivity contribution in [2.75, 3.05) is 6.61 Å². The SMILES string of the molecule is [N-]=[N+]=NC1C=C(C(=O)O)O[C@@H]([C@H](O)[C@H](O)CO)[C@@H]1NC(=O)C1CC1. The maximum absolute atomic E-state index is 12.0. The molecule has 11 nitrogen and oxygen atoms in total. The van der Waals surface area contributed by atoms with Crippen LogP contribution in [0.4, 0.5) is 0 Å². The van der Waals surface area contributed by atoms with E-state index in [1.54, 1.807) is 0 Å². The molecule has 1 heterocycles. The third-order valence-corrected chi connectivity index (χ3v) is 3.88. The molecule has 0 radical (unpaired) electrons. The van der Waals surface area contributed by atoms with Gasteiger partial charge in [0.1, 0.15) is 18.3 Å². The molecule has 24 heavy (non-hydrogen) atoms. The van der Waals surface area contributed by atoms with E-state index in [1.807, 2.05) is 0 Å². The van der Waals surface area contributed by atoms with Crippen LogP contribution in [0.1, 0.15) is 12.8 Å². The highest BCUT2D eigenvalue weighted by Crippen LogP contribution is 2.31. The van der Waals surface area contributed by atoms with Crippen LogP contribution in [-0.2, 0) is 14.3 Å². The number of azide groups is 1. The summed E-state index contributed by atoms with van der Waals surface area (Å²) < 4.78 is 5.17. The van der Waals surface area contributed by atoms with Gasteiger partial charge < -0.3 is 30.5 Å². The molecule has 0 saturated heterocycles. The lowest BCUT2D eigenvalue weighted by Gasteiger charge is -2.38. The van der Waals surface area contributed by atoms with Gasteiger partial charge in [-0.25, -0.2) is 4.79 Å². The van der Waals surface area contributed by atoms with E-state index in [-0.39, 0.29) is 11.8 Å². The van der Waals surface area contributed by atoms with Crippen LogP contribution in [0.5, 0.6) is 0 Å². The van der Waals surface area contributed by atoms with Gasteiger partial charge in [0, 0.05) is 10.8 Å². The molecule has 5 N–H and O–H groups in total. The summed E-state index contributed by atoms with van der Waals surface area (Å²) in [6, 6.07) is -2.23. The van der Waals surface area contributed by atoms with Crippen LogP contribution in [0.3, 0.4) is 0 Å². The number of aliphatic hydroxyl groups excluding tert-OH is 3. The van der Waals surface area contributed by atoms with E-state index in [0.717, 1.165) is 6.08 Å². The van der Waals surface area contributed by atoms with Gasteiger partial charge in [-0.05, 0) is 24.4 Å². The molecular weight excluding hydrogens is 324 g/mol. The van der Waals surface area contributed by atoms with Gasteiger partial charge in [0.2, 0.25) is 11.7 Å². The molecule has 0 aromatic heterocycles. The second-order valence-electron chi connectivity index (χ2n) is 5.66. The lowest BCUT2D eigenvalue weighted by Crippen LogP contribution is -2.59. The van der Waals surface area contributed by atoms with Crippen molar-refractivity contribution in [1.82, 2.24) is 5.32 Å². The van der Waals surface area contributed by atoms with E-state index in [2.05, 4.69) is 15.3 Å². The number of carboxylic acid groups (broad SMARTS) is 1. The summed E-state index contributed by atoms with van der Waals surface area (Å²) in [5, 5.41) is 43.8. The number of hydrogen-bond donors (Lipinski definition) is 5. The Kier molecular flexibility index (Phi) is 5.62. The van der Waals surface area contributed by atoms with Crippen LogP contribution < -0.4 is 5.32 Å². The van der Waals surface area contributed by atoms with E-state index < -0.39 is 48.7 Å². The van der Waals surface area contributed by atoms with Crippen LogP contribution in [0, 0.1) is 5.92 Å². The van der Waals surface area contributed by atoms with Crippen LogP contribution >= 0.6 is 0 Å². The highest BCUT2D eigenvalue weighted by atomic mass is 16.5. The molecule has 1 saturated carbocycles. The molecule has 1 amide bonds. The molecule has 11 heteroatoms. The van der Waals surface area contributed by atoms with Gasteiger partial charge in [-0.15, -0.1) is 0 Å². The maximum Gasteiger partial charge on any atom is 0.370 e. The molecule has 2 rings (SSSR count). The minimum Gasteiger partial charge on any atom is -0.478 e. The fourth-order valence-corrected chi connectivity index (χ4v) is 2.40. The Morgan fingerprint density at radius 2 is 2.12 bits per heavy atom. The Labute approximate surface area is 136 Å². The van der Waals surface area contributed by atoms with Crippen molar-refractivity contribution in [3.63, 3.8) is 0 Å². The van der Waals surface area contributed by atoms with Crippen molar-refractivity contribution < 1.29 is 34.8 Å². The summed E-state index contributed by atoms with van der Waals surface area (Å²) >= 11 is 0. The summed E-state index contributed by atoms with van der Waals surface area (Å²) in [5.41, 5.74) is 8.67. The zero-order chi connectivity index (χ0) is 17.9. The zero-order valence-corrected chi connectivity index (χ0v) is 12.5. The van der Waals surface area contributed by atoms with E-state index in [1.165, 1.54) is 0 Å². The standard InChI is InChI=1S/C13H18N4O7/c14-17-16-6-3-8(13(22)23)24-11(10(20)7(19)4-18)9(6)15-12(21)5-1-2-5/h3,5-7,9-11,18-20H,1-2,4H2,(H,15,21)(H,22,23)/t6?,7-,9-,10-,11-/m1/s1. The van der Waals surface area contributed by atoms with E-state index in [9.17, 15) is 19.8 Å². The number of ether oxygens (including phenoxy) is 1. The molecule has 0 aromatic carbocycles. The monoisotopic (exact) mass is 342 g/mol. The van der Waals surface area contributed by atoms with Gasteiger partial charge in [-0.2, -0.15) is 0 Å². The number of nitrogens with one attached hydrogen (secondary N) is 1. The largest absolute Gasteiger partial charge is 0.478 e. The molecule has 1 aliphatic heterocycles. The number of carbonyl (C=O) groups is 2. The molecule has 0 bridgehead atoms. The van der Waals surface area contributed by atoms with Gasteiger partial charge in [0.05, 0.1) is 18.7 Å². The van der Waals surface area contributed by atoms with Crippen molar-refractivity contribution in [2.45, 2.75) is 43.2 Å². The summed E-state index contributed by atoms with van der Waals surface area (Å²) in [5.74, 6) is -2.58. The van der Waals surface area contributed by atoms with Crippen LogP contribution in [-0.4, -0.2) is 69.3 Å². The first-order valence-electron chi connectivity index (χ1n) is 7.32. The average molecular weight is 342 g/mol. The highest BCUT2D eigenvalue weighted by Gasteiger charge is 2.44. The van der Waals surface area contributed by atoms with Gasteiger partial charge in [-0.3, -0.25) is 4.79 Å². The van der Waals surface area contributed by atoms with Gasteiger partial charge in [0.25, 0.3) is 0 Å². The fraction of sp³-hybridized carbons (Fsp3) is 0.692. The van der Waals surface area contributed by atoms with Crippen molar-refractivity contribution in [1.29, 1.82) is 0 Å². The summed E-state index contributed by atoms with van der Waals surface area (Å²) in [7, 11) is 0. The molecule has 5 atom stereocenters.